The average Bonchev–Trinajstić information content (AvgIpc) is 2.68. The highest BCUT2D eigenvalue weighted by Gasteiger charge is 2.21. The van der Waals surface area contributed by atoms with Gasteiger partial charge in [0.1, 0.15) is 11.6 Å². The van der Waals surface area contributed by atoms with Gasteiger partial charge in [0.2, 0.25) is 0 Å². The van der Waals surface area contributed by atoms with E-state index in [1.807, 2.05) is 44.1 Å². The van der Waals surface area contributed by atoms with Crippen LogP contribution in [-0.4, -0.2) is 60.0 Å². The molecule has 27 heavy (non-hydrogen) atoms. The van der Waals surface area contributed by atoms with Gasteiger partial charge in [0, 0.05) is 51.6 Å². The number of aromatic nitrogens is 3. The van der Waals surface area contributed by atoms with Crippen LogP contribution in [-0.2, 0) is 6.54 Å². The molecular weight excluding hydrogens is 340 g/mol. The van der Waals surface area contributed by atoms with E-state index in [0.717, 1.165) is 49.0 Å². The van der Waals surface area contributed by atoms with Crippen LogP contribution in [0.3, 0.4) is 0 Å². The first kappa shape index (κ1) is 19.2. The predicted molar refractivity (Wildman–Crippen MR) is 106 cm³/mol. The highest BCUT2D eigenvalue weighted by molar-refractivity contribution is 5.93. The number of nitrogens with one attached hydrogen (secondary N) is 1. The SMILES string of the molecule is Cc1ccc(C(=O)N(C)Cc2cc(N(C)C)nc([C@H]3CCCNC3)n2)cn1. The highest BCUT2D eigenvalue weighted by atomic mass is 16.2. The van der Waals surface area contributed by atoms with E-state index in [2.05, 4.69) is 10.3 Å². The first-order chi connectivity index (χ1) is 12.9. The smallest absolute Gasteiger partial charge is 0.255 e. The Morgan fingerprint density at radius 1 is 1.26 bits per heavy atom. The van der Waals surface area contributed by atoms with Gasteiger partial charge in [-0.3, -0.25) is 9.78 Å². The van der Waals surface area contributed by atoms with Gasteiger partial charge >= 0.3 is 0 Å². The fourth-order valence-corrected chi connectivity index (χ4v) is 3.20. The minimum absolute atomic E-state index is 0.0617. The van der Waals surface area contributed by atoms with Crippen LogP contribution in [0.15, 0.2) is 24.4 Å². The van der Waals surface area contributed by atoms with Gasteiger partial charge in [-0.05, 0) is 38.4 Å². The second kappa shape index (κ2) is 8.43. The number of anilines is 1. The summed E-state index contributed by atoms with van der Waals surface area (Å²) in [4.78, 5) is 30.1. The Bertz CT molecular complexity index is 784. The second-order valence-corrected chi connectivity index (χ2v) is 7.36. The van der Waals surface area contributed by atoms with Crippen LogP contribution in [0.25, 0.3) is 0 Å². The van der Waals surface area contributed by atoms with Gasteiger partial charge in [-0.2, -0.15) is 0 Å². The summed E-state index contributed by atoms with van der Waals surface area (Å²) in [5.74, 6) is 1.99. The first-order valence-corrected chi connectivity index (χ1v) is 9.38. The summed E-state index contributed by atoms with van der Waals surface area (Å²) in [6.45, 7) is 4.30. The van der Waals surface area contributed by atoms with Gasteiger partial charge in [-0.15, -0.1) is 0 Å². The molecule has 1 atom stereocenters. The zero-order valence-corrected chi connectivity index (χ0v) is 16.6. The molecule has 7 heteroatoms. The van der Waals surface area contributed by atoms with Crippen molar-refractivity contribution in [1.29, 1.82) is 0 Å². The molecule has 7 nitrogen and oxygen atoms in total. The van der Waals surface area contributed by atoms with E-state index < -0.39 is 0 Å². The summed E-state index contributed by atoms with van der Waals surface area (Å²) >= 11 is 0. The third kappa shape index (κ3) is 4.80. The van der Waals surface area contributed by atoms with Crippen LogP contribution < -0.4 is 10.2 Å². The Kier molecular flexibility index (Phi) is 6.01. The summed E-state index contributed by atoms with van der Waals surface area (Å²) in [7, 11) is 5.74. The van der Waals surface area contributed by atoms with E-state index in [0.29, 0.717) is 18.0 Å². The summed E-state index contributed by atoms with van der Waals surface area (Å²) in [6.07, 6.45) is 3.85. The molecule has 2 aromatic rings. The Balaban J connectivity index is 1.80. The average molecular weight is 368 g/mol. The molecular formula is C20H28N6O. The number of carbonyl (C=O) groups is 1. The van der Waals surface area contributed by atoms with Crippen molar-refractivity contribution in [3.8, 4) is 0 Å². The molecule has 3 heterocycles. The molecule has 1 aliphatic rings. The highest BCUT2D eigenvalue weighted by Crippen LogP contribution is 2.23. The first-order valence-electron chi connectivity index (χ1n) is 9.38. The molecule has 0 unspecified atom stereocenters. The number of pyridine rings is 1. The summed E-state index contributed by atoms with van der Waals surface area (Å²) in [6, 6.07) is 5.62. The van der Waals surface area contributed by atoms with Crippen molar-refractivity contribution in [1.82, 2.24) is 25.2 Å². The quantitative estimate of drug-likeness (QED) is 0.870. The van der Waals surface area contributed by atoms with Gasteiger partial charge in [-0.1, -0.05) is 0 Å². The van der Waals surface area contributed by atoms with Crippen LogP contribution in [0.5, 0.6) is 0 Å². The van der Waals surface area contributed by atoms with Crippen molar-refractivity contribution in [3.63, 3.8) is 0 Å². The summed E-state index contributed by atoms with van der Waals surface area (Å²) in [5, 5.41) is 3.42. The van der Waals surface area contributed by atoms with E-state index in [1.54, 1.807) is 18.1 Å². The molecule has 1 amide bonds. The molecule has 1 saturated heterocycles. The Hall–Kier alpha value is -2.54. The van der Waals surface area contributed by atoms with Crippen molar-refractivity contribution in [2.75, 3.05) is 39.1 Å². The Labute approximate surface area is 160 Å². The number of hydrogen-bond acceptors (Lipinski definition) is 6. The number of rotatable bonds is 5. The summed E-state index contributed by atoms with van der Waals surface area (Å²) < 4.78 is 0. The van der Waals surface area contributed by atoms with Crippen molar-refractivity contribution < 1.29 is 4.79 Å². The van der Waals surface area contributed by atoms with Gasteiger partial charge in [0.15, 0.2) is 0 Å². The van der Waals surface area contributed by atoms with Crippen LogP contribution in [0.2, 0.25) is 0 Å². The number of piperidine rings is 1. The molecule has 1 fully saturated rings. The van der Waals surface area contributed by atoms with Gasteiger partial charge in [0.25, 0.3) is 5.91 Å². The maximum Gasteiger partial charge on any atom is 0.255 e. The minimum atomic E-state index is -0.0617. The van der Waals surface area contributed by atoms with Crippen molar-refractivity contribution in [2.45, 2.75) is 32.2 Å². The number of amides is 1. The Morgan fingerprint density at radius 2 is 2.07 bits per heavy atom. The Morgan fingerprint density at radius 3 is 2.70 bits per heavy atom. The molecule has 1 aliphatic heterocycles. The minimum Gasteiger partial charge on any atom is -0.363 e. The van der Waals surface area contributed by atoms with Crippen molar-refractivity contribution in [2.24, 2.45) is 0 Å². The fraction of sp³-hybridized carbons (Fsp3) is 0.500. The molecule has 144 valence electrons. The molecule has 1 N–H and O–H groups in total. The van der Waals surface area contributed by atoms with Gasteiger partial charge in [0.05, 0.1) is 17.8 Å². The van der Waals surface area contributed by atoms with E-state index >= 15 is 0 Å². The molecule has 2 aromatic heterocycles. The number of hydrogen-bond donors (Lipinski definition) is 1. The molecule has 0 aliphatic carbocycles. The number of carbonyl (C=O) groups excluding carboxylic acids is 1. The zero-order valence-electron chi connectivity index (χ0n) is 16.6. The number of aryl methyl sites for hydroxylation is 1. The third-order valence-corrected chi connectivity index (χ3v) is 4.81. The lowest BCUT2D eigenvalue weighted by Gasteiger charge is -2.24. The van der Waals surface area contributed by atoms with Gasteiger partial charge < -0.3 is 15.1 Å². The van der Waals surface area contributed by atoms with E-state index in [-0.39, 0.29) is 5.91 Å². The molecule has 0 aromatic carbocycles. The molecule has 0 bridgehead atoms. The lowest BCUT2D eigenvalue weighted by molar-refractivity contribution is 0.0783. The molecule has 0 radical (unpaired) electrons. The summed E-state index contributed by atoms with van der Waals surface area (Å²) in [5.41, 5.74) is 2.33. The van der Waals surface area contributed by atoms with Crippen LogP contribution in [0.1, 0.15) is 46.3 Å². The monoisotopic (exact) mass is 368 g/mol. The van der Waals surface area contributed by atoms with Gasteiger partial charge in [-0.25, -0.2) is 9.97 Å². The van der Waals surface area contributed by atoms with Crippen LogP contribution >= 0.6 is 0 Å². The van der Waals surface area contributed by atoms with Crippen LogP contribution in [0, 0.1) is 6.92 Å². The zero-order chi connectivity index (χ0) is 19.4. The van der Waals surface area contributed by atoms with E-state index in [1.165, 1.54) is 0 Å². The predicted octanol–water partition coefficient (Wildman–Crippen LogP) is 1.99. The van der Waals surface area contributed by atoms with Crippen molar-refractivity contribution in [3.05, 3.63) is 47.2 Å². The normalized spacial score (nSPS) is 16.8. The second-order valence-electron chi connectivity index (χ2n) is 7.36. The van der Waals surface area contributed by atoms with Crippen LogP contribution in [0.4, 0.5) is 5.82 Å². The topological polar surface area (TPSA) is 74.2 Å². The molecule has 0 saturated carbocycles. The maximum atomic E-state index is 12.7. The standard InChI is InChI=1S/C20H28N6O/c1-14-7-8-16(12-22-14)20(27)26(4)13-17-10-18(25(2)3)24-19(23-17)15-6-5-9-21-11-15/h7-8,10,12,15,21H,5-6,9,11,13H2,1-4H3/t15-/m0/s1. The molecule has 0 spiro atoms. The fourth-order valence-electron chi connectivity index (χ4n) is 3.20. The van der Waals surface area contributed by atoms with E-state index in [4.69, 9.17) is 9.97 Å². The lowest BCUT2D eigenvalue weighted by atomic mass is 9.99. The maximum absolute atomic E-state index is 12.7. The van der Waals surface area contributed by atoms with E-state index in [9.17, 15) is 4.79 Å². The largest absolute Gasteiger partial charge is 0.363 e. The van der Waals surface area contributed by atoms with Crippen molar-refractivity contribution >= 4 is 11.7 Å². The third-order valence-electron chi connectivity index (χ3n) is 4.81. The molecule has 3 rings (SSSR count). The number of nitrogens with zero attached hydrogens (tertiary/aromatic N) is 5. The lowest BCUT2D eigenvalue weighted by Crippen LogP contribution is -2.31.